The van der Waals surface area contributed by atoms with E-state index in [2.05, 4.69) is 19.9 Å². The zero-order chi connectivity index (χ0) is 20.6. The van der Waals surface area contributed by atoms with Gasteiger partial charge in [0.2, 0.25) is 20.3 Å². The summed E-state index contributed by atoms with van der Waals surface area (Å²) in [7, 11) is -3.70. The maximum absolute atomic E-state index is 12.7. The van der Waals surface area contributed by atoms with Gasteiger partial charge in [-0.15, -0.1) is 0 Å². The molecule has 0 spiro atoms. The minimum Gasteiger partial charge on any atom is -0.356 e. The van der Waals surface area contributed by atoms with Crippen LogP contribution in [-0.4, -0.2) is 72.9 Å². The Morgan fingerprint density at radius 2 is 2.00 bits per heavy atom. The van der Waals surface area contributed by atoms with Crippen molar-refractivity contribution in [2.75, 3.05) is 30.8 Å². The number of aromatic amines is 1. The lowest BCUT2D eigenvalue weighted by Crippen LogP contribution is -2.39. The predicted molar refractivity (Wildman–Crippen MR) is 112 cm³/mol. The molecule has 9 nitrogen and oxygen atoms in total. The minimum atomic E-state index is -3.44. The molecule has 0 radical (unpaired) electrons. The summed E-state index contributed by atoms with van der Waals surface area (Å²) in [5.41, 5.74) is 0.808. The summed E-state index contributed by atoms with van der Waals surface area (Å²) in [6, 6.07) is 2.27. The summed E-state index contributed by atoms with van der Waals surface area (Å²) < 4.78 is 48.9. The average Bonchev–Trinajstić information content (AvgIpc) is 3.37. The Balaban J connectivity index is 1.37. The monoisotopic (exact) mass is 439 g/mol. The van der Waals surface area contributed by atoms with Crippen molar-refractivity contribution in [2.45, 2.75) is 38.1 Å². The number of fused-ring (bicyclic) bond motifs is 1. The molecule has 1 aliphatic carbocycles. The highest BCUT2D eigenvalue weighted by atomic mass is 32.2. The summed E-state index contributed by atoms with van der Waals surface area (Å²) >= 11 is 0. The molecule has 0 unspecified atom stereocenters. The SMILES string of the molecule is CN(c1ncnc2[nH]ccc12)C1CCC(CS(=O)(=O)N2CCC(=S(=O)=O)C2)CC1. The molecule has 11 heteroatoms. The van der Waals surface area contributed by atoms with Crippen LogP contribution in [0.3, 0.4) is 0 Å². The number of nitrogens with one attached hydrogen (secondary N) is 1. The Labute approximate surface area is 171 Å². The van der Waals surface area contributed by atoms with Crippen LogP contribution in [0.1, 0.15) is 32.1 Å². The molecule has 1 N–H and O–H groups in total. The van der Waals surface area contributed by atoms with Gasteiger partial charge >= 0.3 is 0 Å². The largest absolute Gasteiger partial charge is 0.356 e. The van der Waals surface area contributed by atoms with Crippen LogP contribution in [0, 0.1) is 5.92 Å². The van der Waals surface area contributed by atoms with E-state index in [1.807, 2.05) is 19.3 Å². The van der Waals surface area contributed by atoms with Crippen LogP contribution in [0.15, 0.2) is 18.6 Å². The van der Waals surface area contributed by atoms with E-state index in [4.69, 9.17) is 0 Å². The molecular formula is C18H25N5O4S2. The van der Waals surface area contributed by atoms with Gasteiger partial charge in [-0.05, 0) is 44.1 Å². The number of sulfonamides is 1. The van der Waals surface area contributed by atoms with E-state index in [1.54, 1.807) is 6.33 Å². The molecule has 0 atom stereocenters. The standard InChI is InChI=1S/C18H25N5O4S2/c1-22(18-16-6-8-19-17(16)20-12-21-18)14-4-2-13(3-5-14)11-29(26,27)23-9-7-15(10-23)28(24)25/h6,8,12-14H,2-5,7,9-11H2,1H3,(H,19,20,21). The van der Waals surface area contributed by atoms with Gasteiger partial charge < -0.3 is 9.88 Å². The highest BCUT2D eigenvalue weighted by molar-refractivity contribution is 7.89. The molecule has 1 aliphatic heterocycles. The number of H-pyrrole nitrogens is 1. The quantitative estimate of drug-likeness (QED) is 0.692. The first kappa shape index (κ1) is 20.3. The molecule has 1 saturated carbocycles. The van der Waals surface area contributed by atoms with E-state index in [-0.39, 0.29) is 29.6 Å². The van der Waals surface area contributed by atoms with Crippen LogP contribution < -0.4 is 4.90 Å². The van der Waals surface area contributed by atoms with Crippen LogP contribution >= 0.6 is 0 Å². The Kier molecular flexibility index (Phi) is 5.63. The number of nitrogens with zero attached hydrogens (tertiary/aromatic N) is 4. The van der Waals surface area contributed by atoms with Gasteiger partial charge in [0.15, 0.2) is 0 Å². The van der Waals surface area contributed by atoms with Gasteiger partial charge in [0, 0.05) is 32.4 Å². The summed E-state index contributed by atoms with van der Waals surface area (Å²) in [5, 5.41) is 0.983. The normalized spacial score (nSPS) is 23.6. The van der Waals surface area contributed by atoms with Crippen molar-refractivity contribution in [3.05, 3.63) is 18.6 Å². The van der Waals surface area contributed by atoms with Crippen LogP contribution in [0.25, 0.3) is 11.0 Å². The molecule has 29 heavy (non-hydrogen) atoms. The van der Waals surface area contributed by atoms with Crippen molar-refractivity contribution in [3.63, 3.8) is 0 Å². The van der Waals surface area contributed by atoms with Crippen molar-refractivity contribution in [1.29, 1.82) is 0 Å². The van der Waals surface area contributed by atoms with Crippen molar-refractivity contribution in [3.8, 4) is 0 Å². The van der Waals surface area contributed by atoms with Crippen LogP contribution in [0.2, 0.25) is 0 Å². The molecule has 2 aromatic rings. The molecule has 4 rings (SSSR count). The second kappa shape index (κ2) is 8.04. The molecule has 158 valence electrons. The Morgan fingerprint density at radius 1 is 1.24 bits per heavy atom. The predicted octanol–water partition coefficient (Wildman–Crippen LogP) is 1.04. The van der Waals surface area contributed by atoms with Gasteiger partial charge in [0.05, 0.1) is 16.0 Å². The van der Waals surface area contributed by atoms with E-state index < -0.39 is 20.3 Å². The van der Waals surface area contributed by atoms with Crippen LogP contribution in [-0.2, 0) is 20.3 Å². The van der Waals surface area contributed by atoms with Crippen molar-refractivity contribution in [2.24, 2.45) is 5.92 Å². The third-order valence-electron chi connectivity index (χ3n) is 6.10. The van der Waals surface area contributed by atoms with E-state index in [0.29, 0.717) is 12.5 Å². The number of rotatable bonds is 5. The Bertz CT molecular complexity index is 1130. The van der Waals surface area contributed by atoms with Gasteiger partial charge in [-0.3, -0.25) is 0 Å². The van der Waals surface area contributed by atoms with Gasteiger partial charge in [0.1, 0.15) is 17.8 Å². The molecule has 1 saturated heterocycles. The lowest BCUT2D eigenvalue weighted by molar-refractivity contribution is 0.336. The number of aromatic nitrogens is 3. The van der Waals surface area contributed by atoms with Gasteiger partial charge in [-0.1, -0.05) is 0 Å². The van der Waals surface area contributed by atoms with Crippen molar-refractivity contribution < 1.29 is 16.8 Å². The highest BCUT2D eigenvalue weighted by Crippen LogP contribution is 2.32. The van der Waals surface area contributed by atoms with Gasteiger partial charge in [-0.25, -0.2) is 18.4 Å². The molecular weight excluding hydrogens is 414 g/mol. The summed E-state index contributed by atoms with van der Waals surface area (Å²) in [6.07, 6.45) is 7.16. The fourth-order valence-corrected chi connectivity index (χ4v) is 6.86. The zero-order valence-corrected chi connectivity index (χ0v) is 17.9. The summed E-state index contributed by atoms with van der Waals surface area (Å²) in [4.78, 5) is 14.2. The van der Waals surface area contributed by atoms with Gasteiger partial charge in [0.25, 0.3) is 0 Å². The summed E-state index contributed by atoms with van der Waals surface area (Å²) in [6.45, 7) is 0.279. The third kappa shape index (κ3) is 4.17. The van der Waals surface area contributed by atoms with E-state index in [0.717, 1.165) is 42.5 Å². The Hall–Kier alpha value is -1.98. The molecule has 0 amide bonds. The first-order valence-electron chi connectivity index (χ1n) is 9.78. The molecule has 0 bridgehead atoms. The van der Waals surface area contributed by atoms with E-state index in [1.165, 1.54) is 4.31 Å². The second-order valence-corrected chi connectivity index (χ2v) is 10.9. The van der Waals surface area contributed by atoms with E-state index in [9.17, 15) is 16.8 Å². The zero-order valence-electron chi connectivity index (χ0n) is 16.3. The molecule has 3 heterocycles. The topological polar surface area (TPSA) is 116 Å². The Morgan fingerprint density at radius 3 is 2.69 bits per heavy atom. The minimum absolute atomic E-state index is 0.0108. The highest BCUT2D eigenvalue weighted by Gasteiger charge is 2.34. The van der Waals surface area contributed by atoms with Gasteiger partial charge in [-0.2, -0.15) is 12.7 Å². The molecule has 0 aromatic carbocycles. The summed E-state index contributed by atoms with van der Waals surface area (Å²) in [5.74, 6) is 1.08. The molecule has 2 aliphatic rings. The smallest absolute Gasteiger partial charge is 0.214 e. The fraction of sp³-hybridized carbons (Fsp3) is 0.611. The lowest BCUT2D eigenvalue weighted by atomic mass is 9.86. The first-order valence-corrected chi connectivity index (χ1v) is 12.5. The third-order valence-corrected chi connectivity index (χ3v) is 8.89. The molecule has 2 aromatic heterocycles. The number of hydrogen-bond donors (Lipinski definition) is 1. The van der Waals surface area contributed by atoms with Crippen LogP contribution in [0.5, 0.6) is 0 Å². The number of anilines is 1. The first-order chi connectivity index (χ1) is 13.8. The van der Waals surface area contributed by atoms with Crippen molar-refractivity contribution >= 4 is 42.0 Å². The lowest BCUT2D eigenvalue weighted by Gasteiger charge is -2.35. The number of hydrogen-bond acceptors (Lipinski definition) is 7. The average molecular weight is 440 g/mol. The maximum Gasteiger partial charge on any atom is 0.214 e. The maximum atomic E-state index is 12.7. The van der Waals surface area contributed by atoms with Crippen molar-refractivity contribution in [1.82, 2.24) is 19.3 Å². The fourth-order valence-electron chi connectivity index (χ4n) is 4.39. The second-order valence-electron chi connectivity index (χ2n) is 7.86. The van der Waals surface area contributed by atoms with E-state index >= 15 is 0 Å². The van der Waals surface area contributed by atoms with Crippen LogP contribution in [0.4, 0.5) is 5.82 Å². The molecule has 2 fully saturated rings.